The molecule has 2 aromatic carbocycles. The number of benzene rings is 2. The average molecular weight is 401 g/mol. The average Bonchev–Trinajstić information content (AvgIpc) is 2.70. The molecule has 0 aromatic heterocycles. The van der Waals surface area contributed by atoms with Crippen LogP contribution in [-0.2, 0) is 9.53 Å². The Balaban J connectivity index is 1.58. The van der Waals surface area contributed by atoms with Crippen LogP contribution in [0.3, 0.4) is 0 Å². The summed E-state index contributed by atoms with van der Waals surface area (Å²) in [6.07, 6.45) is 0.331. The minimum atomic E-state index is -0.188. The maximum absolute atomic E-state index is 12.6. The number of hydrogen-bond donors (Lipinski definition) is 1. The molecule has 1 aliphatic rings. The molecule has 2 aromatic rings. The number of ketones is 1. The Morgan fingerprint density at radius 3 is 2.64 bits per heavy atom. The van der Waals surface area contributed by atoms with E-state index in [4.69, 9.17) is 16.3 Å². The van der Waals surface area contributed by atoms with Crippen LogP contribution in [-0.4, -0.2) is 48.9 Å². The number of carbonyl (C=O) groups excluding carboxylic acids is 2. The molecule has 3 rings (SSSR count). The standard InChI is InChI=1S/C22H25ClN2O3/c1-16(19-9-5-6-10-20(19)23)24-22(27)14-25-11-12-28-15-18(25)13-21(26)17-7-3-2-4-8-17/h2-10,16,18H,11-15H2,1H3,(H,24,27). The Hall–Kier alpha value is -2.21. The molecule has 28 heavy (non-hydrogen) atoms. The molecule has 5 nitrogen and oxygen atoms in total. The van der Waals surface area contributed by atoms with E-state index in [0.717, 1.165) is 5.56 Å². The van der Waals surface area contributed by atoms with Crippen molar-refractivity contribution in [2.75, 3.05) is 26.3 Å². The highest BCUT2D eigenvalue weighted by molar-refractivity contribution is 6.31. The largest absolute Gasteiger partial charge is 0.378 e. The fourth-order valence-electron chi connectivity index (χ4n) is 3.42. The Morgan fingerprint density at radius 2 is 1.89 bits per heavy atom. The van der Waals surface area contributed by atoms with Gasteiger partial charge in [-0.05, 0) is 18.6 Å². The topological polar surface area (TPSA) is 58.6 Å². The van der Waals surface area contributed by atoms with Crippen LogP contribution < -0.4 is 5.32 Å². The first kappa shape index (κ1) is 20.5. The lowest BCUT2D eigenvalue weighted by Crippen LogP contribution is -2.50. The number of nitrogens with zero attached hydrogens (tertiary/aromatic N) is 1. The second kappa shape index (κ2) is 9.82. The van der Waals surface area contributed by atoms with Gasteiger partial charge in [-0.1, -0.05) is 60.1 Å². The zero-order valence-electron chi connectivity index (χ0n) is 15.9. The van der Waals surface area contributed by atoms with Crippen molar-refractivity contribution in [1.29, 1.82) is 0 Å². The molecule has 0 bridgehead atoms. The van der Waals surface area contributed by atoms with E-state index >= 15 is 0 Å². The highest BCUT2D eigenvalue weighted by Gasteiger charge is 2.27. The molecule has 0 spiro atoms. The number of ether oxygens (including phenoxy) is 1. The maximum Gasteiger partial charge on any atom is 0.234 e. The SMILES string of the molecule is CC(NC(=O)CN1CCOCC1CC(=O)c1ccccc1)c1ccccc1Cl. The van der Waals surface area contributed by atoms with E-state index in [1.165, 1.54) is 0 Å². The van der Waals surface area contributed by atoms with Crippen molar-refractivity contribution in [1.82, 2.24) is 10.2 Å². The van der Waals surface area contributed by atoms with E-state index in [9.17, 15) is 9.59 Å². The zero-order valence-corrected chi connectivity index (χ0v) is 16.7. The third kappa shape index (κ3) is 5.41. The predicted octanol–water partition coefficient (Wildman–Crippen LogP) is 3.49. The molecule has 1 fully saturated rings. The molecule has 2 unspecified atom stereocenters. The first-order valence-corrected chi connectivity index (χ1v) is 9.86. The molecule has 1 heterocycles. The van der Waals surface area contributed by atoms with Gasteiger partial charge in [0.25, 0.3) is 0 Å². The molecule has 1 amide bonds. The number of Topliss-reactive ketones (excluding diaryl/α,β-unsaturated/α-hetero) is 1. The second-order valence-electron chi connectivity index (χ2n) is 7.00. The highest BCUT2D eigenvalue weighted by Crippen LogP contribution is 2.22. The van der Waals surface area contributed by atoms with Gasteiger partial charge in [-0.15, -0.1) is 0 Å². The molecular formula is C22H25ClN2O3. The van der Waals surface area contributed by atoms with Crippen LogP contribution in [0.2, 0.25) is 5.02 Å². The van der Waals surface area contributed by atoms with Gasteiger partial charge in [0.1, 0.15) is 0 Å². The summed E-state index contributed by atoms with van der Waals surface area (Å²) in [5.74, 6) is -0.0302. The summed E-state index contributed by atoms with van der Waals surface area (Å²) >= 11 is 6.22. The lowest BCUT2D eigenvalue weighted by molar-refractivity contribution is -0.125. The van der Waals surface area contributed by atoms with E-state index in [0.29, 0.717) is 36.8 Å². The highest BCUT2D eigenvalue weighted by atomic mass is 35.5. The van der Waals surface area contributed by atoms with E-state index in [1.54, 1.807) is 0 Å². The predicted molar refractivity (Wildman–Crippen MR) is 110 cm³/mol. The molecule has 148 valence electrons. The fourth-order valence-corrected chi connectivity index (χ4v) is 3.72. The van der Waals surface area contributed by atoms with Crippen molar-refractivity contribution in [3.8, 4) is 0 Å². The monoisotopic (exact) mass is 400 g/mol. The van der Waals surface area contributed by atoms with Gasteiger partial charge in [0.05, 0.1) is 25.8 Å². The van der Waals surface area contributed by atoms with Gasteiger partial charge in [-0.25, -0.2) is 0 Å². The zero-order chi connectivity index (χ0) is 19.9. The Morgan fingerprint density at radius 1 is 1.18 bits per heavy atom. The van der Waals surface area contributed by atoms with Crippen molar-refractivity contribution in [2.24, 2.45) is 0 Å². The fraction of sp³-hybridized carbons (Fsp3) is 0.364. The lowest BCUT2D eigenvalue weighted by atomic mass is 10.0. The summed E-state index contributed by atoms with van der Waals surface area (Å²) in [4.78, 5) is 27.2. The molecule has 0 aliphatic carbocycles. The molecular weight excluding hydrogens is 376 g/mol. The number of nitrogens with one attached hydrogen (secondary N) is 1. The Labute approximate surface area is 170 Å². The van der Waals surface area contributed by atoms with Crippen LogP contribution in [0.5, 0.6) is 0 Å². The number of rotatable bonds is 7. The van der Waals surface area contributed by atoms with Crippen LogP contribution in [0.1, 0.15) is 35.3 Å². The number of hydrogen-bond acceptors (Lipinski definition) is 4. The van der Waals surface area contributed by atoms with Crippen LogP contribution in [0.15, 0.2) is 54.6 Å². The van der Waals surface area contributed by atoms with Crippen molar-refractivity contribution >= 4 is 23.3 Å². The quantitative estimate of drug-likeness (QED) is 0.723. The van der Waals surface area contributed by atoms with E-state index in [1.807, 2.05) is 66.4 Å². The smallest absolute Gasteiger partial charge is 0.234 e. The van der Waals surface area contributed by atoms with Gasteiger partial charge >= 0.3 is 0 Å². The van der Waals surface area contributed by atoms with Crippen molar-refractivity contribution < 1.29 is 14.3 Å². The molecule has 1 aliphatic heterocycles. The minimum absolute atomic E-state index is 0.0611. The lowest BCUT2D eigenvalue weighted by Gasteiger charge is -2.35. The third-order valence-electron chi connectivity index (χ3n) is 4.96. The van der Waals surface area contributed by atoms with Crippen molar-refractivity contribution in [2.45, 2.75) is 25.4 Å². The first-order chi connectivity index (χ1) is 13.5. The number of morpholine rings is 1. The number of amides is 1. The van der Waals surface area contributed by atoms with E-state index in [2.05, 4.69) is 5.32 Å². The summed E-state index contributed by atoms with van der Waals surface area (Å²) in [6.45, 7) is 3.77. The summed E-state index contributed by atoms with van der Waals surface area (Å²) in [7, 11) is 0. The minimum Gasteiger partial charge on any atom is -0.378 e. The number of halogens is 1. The number of carbonyl (C=O) groups is 2. The van der Waals surface area contributed by atoms with Crippen LogP contribution in [0.4, 0.5) is 0 Å². The van der Waals surface area contributed by atoms with Crippen LogP contribution in [0.25, 0.3) is 0 Å². The van der Waals surface area contributed by atoms with Gasteiger partial charge < -0.3 is 10.1 Å². The third-order valence-corrected chi connectivity index (χ3v) is 5.31. The summed E-state index contributed by atoms with van der Waals surface area (Å²) in [5.41, 5.74) is 1.57. The summed E-state index contributed by atoms with van der Waals surface area (Å²) < 4.78 is 5.55. The van der Waals surface area contributed by atoms with Gasteiger partial charge in [0.2, 0.25) is 5.91 Å². The normalized spacial score (nSPS) is 18.4. The van der Waals surface area contributed by atoms with Gasteiger partial charge in [0.15, 0.2) is 5.78 Å². The van der Waals surface area contributed by atoms with Crippen molar-refractivity contribution in [3.05, 3.63) is 70.7 Å². The van der Waals surface area contributed by atoms with Gasteiger partial charge in [-0.2, -0.15) is 0 Å². The molecule has 1 saturated heterocycles. The molecule has 0 radical (unpaired) electrons. The summed E-state index contributed by atoms with van der Waals surface area (Å²) in [6, 6.07) is 16.4. The molecule has 6 heteroatoms. The second-order valence-corrected chi connectivity index (χ2v) is 7.41. The van der Waals surface area contributed by atoms with Gasteiger partial charge in [0, 0.05) is 29.6 Å². The van der Waals surface area contributed by atoms with Crippen LogP contribution in [0, 0.1) is 0 Å². The van der Waals surface area contributed by atoms with Crippen molar-refractivity contribution in [3.63, 3.8) is 0 Å². The summed E-state index contributed by atoms with van der Waals surface area (Å²) in [5, 5.41) is 3.63. The van der Waals surface area contributed by atoms with Gasteiger partial charge in [-0.3, -0.25) is 14.5 Å². The van der Waals surface area contributed by atoms with E-state index < -0.39 is 0 Å². The molecule has 2 atom stereocenters. The molecule has 1 N–H and O–H groups in total. The van der Waals surface area contributed by atoms with E-state index in [-0.39, 0.29) is 30.3 Å². The molecule has 0 saturated carbocycles. The Bertz CT molecular complexity index is 812. The maximum atomic E-state index is 12.6. The van der Waals surface area contributed by atoms with Crippen LogP contribution >= 0.6 is 11.6 Å². The first-order valence-electron chi connectivity index (χ1n) is 9.48. The Kier molecular flexibility index (Phi) is 7.20.